The van der Waals surface area contributed by atoms with Crippen LogP contribution in [-0.4, -0.2) is 16.7 Å². The van der Waals surface area contributed by atoms with Crippen molar-refractivity contribution in [3.63, 3.8) is 0 Å². The molecule has 2 aromatic carbocycles. The molecule has 2 heterocycles. The summed E-state index contributed by atoms with van der Waals surface area (Å²) in [5.41, 5.74) is 3.01. The first-order valence-corrected chi connectivity index (χ1v) is 8.37. The molecule has 5 heteroatoms. The van der Waals surface area contributed by atoms with Gasteiger partial charge in [-0.3, -0.25) is 0 Å². The molecule has 0 saturated heterocycles. The number of furan rings is 1. The van der Waals surface area contributed by atoms with Gasteiger partial charge in [0.2, 0.25) is 0 Å². The van der Waals surface area contributed by atoms with Gasteiger partial charge in [0.05, 0.1) is 18.1 Å². The van der Waals surface area contributed by atoms with Crippen molar-refractivity contribution in [3.8, 4) is 17.3 Å². The van der Waals surface area contributed by atoms with E-state index in [1.807, 2.05) is 61.5 Å². The molecular formula is C20H17ClN2O2. The van der Waals surface area contributed by atoms with Crippen LogP contribution in [0.25, 0.3) is 22.6 Å². The first kappa shape index (κ1) is 15.8. The van der Waals surface area contributed by atoms with E-state index in [0.29, 0.717) is 11.6 Å². The maximum Gasteiger partial charge on any atom is 0.177 e. The van der Waals surface area contributed by atoms with Crippen LogP contribution >= 0.6 is 11.6 Å². The third-order valence-electron chi connectivity index (χ3n) is 4.17. The van der Waals surface area contributed by atoms with Crippen molar-refractivity contribution < 1.29 is 9.15 Å². The third kappa shape index (κ3) is 3.01. The lowest BCUT2D eigenvalue weighted by Gasteiger charge is -2.09. The molecule has 2 aromatic heterocycles. The molecule has 25 heavy (non-hydrogen) atoms. The fourth-order valence-electron chi connectivity index (χ4n) is 2.91. The van der Waals surface area contributed by atoms with Crippen LogP contribution < -0.4 is 4.74 Å². The number of benzene rings is 2. The second kappa shape index (κ2) is 6.30. The van der Waals surface area contributed by atoms with Crippen LogP contribution in [0.15, 0.2) is 59.0 Å². The number of hydrogen-bond donors (Lipinski definition) is 0. The van der Waals surface area contributed by atoms with Crippen LogP contribution in [0.2, 0.25) is 5.02 Å². The molecule has 0 aliphatic rings. The van der Waals surface area contributed by atoms with Crippen LogP contribution in [0.1, 0.15) is 11.3 Å². The van der Waals surface area contributed by atoms with Crippen molar-refractivity contribution in [2.45, 2.75) is 13.5 Å². The normalized spacial score (nSPS) is 11.2. The van der Waals surface area contributed by atoms with Gasteiger partial charge in [-0.15, -0.1) is 0 Å². The summed E-state index contributed by atoms with van der Waals surface area (Å²) in [6.45, 7) is 2.59. The number of aromatic nitrogens is 2. The average molecular weight is 353 g/mol. The summed E-state index contributed by atoms with van der Waals surface area (Å²) >= 11 is 6.21. The maximum atomic E-state index is 6.21. The Kier molecular flexibility index (Phi) is 3.98. The van der Waals surface area contributed by atoms with Gasteiger partial charge in [0.15, 0.2) is 11.6 Å². The van der Waals surface area contributed by atoms with Crippen molar-refractivity contribution >= 4 is 22.6 Å². The summed E-state index contributed by atoms with van der Waals surface area (Å²) in [5.74, 6) is 3.24. The second-order valence-corrected chi connectivity index (χ2v) is 6.35. The summed E-state index contributed by atoms with van der Waals surface area (Å²) in [7, 11) is 1.66. The summed E-state index contributed by atoms with van der Waals surface area (Å²) in [5, 5.41) is 0.686. The van der Waals surface area contributed by atoms with Gasteiger partial charge in [0, 0.05) is 11.6 Å². The van der Waals surface area contributed by atoms with Gasteiger partial charge in [0.1, 0.15) is 11.5 Å². The highest BCUT2D eigenvalue weighted by atomic mass is 35.5. The highest BCUT2D eigenvalue weighted by Gasteiger charge is 2.16. The number of nitrogens with zero attached hydrogens (tertiary/aromatic N) is 2. The Balaban J connectivity index is 1.85. The van der Waals surface area contributed by atoms with E-state index >= 15 is 0 Å². The number of rotatable bonds is 4. The predicted molar refractivity (Wildman–Crippen MR) is 99.3 cm³/mol. The minimum absolute atomic E-state index is 0.663. The van der Waals surface area contributed by atoms with E-state index in [9.17, 15) is 0 Å². The van der Waals surface area contributed by atoms with E-state index in [1.165, 1.54) is 0 Å². The minimum Gasteiger partial charge on any atom is -0.497 e. The Morgan fingerprint density at radius 3 is 2.56 bits per heavy atom. The highest BCUT2D eigenvalue weighted by Crippen LogP contribution is 2.29. The van der Waals surface area contributed by atoms with Crippen molar-refractivity contribution in [2.24, 2.45) is 0 Å². The zero-order valence-corrected chi connectivity index (χ0v) is 14.7. The van der Waals surface area contributed by atoms with E-state index in [2.05, 4.69) is 4.57 Å². The number of halogens is 1. The fourth-order valence-corrected chi connectivity index (χ4v) is 3.08. The van der Waals surface area contributed by atoms with Crippen molar-refractivity contribution in [2.75, 3.05) is 7.11 Å². The Bertz CT molecular complexity index is 1030. The minimum atomic E-state index is 0.663. The molecule has 0 bridgehead atoms. The largest absolute Gasteiger partial charge is 0.497 e. The second-order valence-electron chi connectivity index (χ2n) is 5.91. The number of methoxy groups -OCH3 is 1. The van der Waals surface area contributed by atoms with E-state index in [4.69, 9.17) is 25.7 Å². The van der Waals surface area contributed by atoms with Gasteiger partial charge in [-0.1, -0.05) is 23.7 Å². The van der Waals surface area contributed by atoms with E-state index in [1.54, 1.807) is 7.11 Å². The van der Waals surface area contributed by atoms with Crippen LogP contribution in [-0.2, 0) is 6.54 Å². The molecule has 0 saturated carbocycles. The molecular weight excluding hydrogens is 336 g/mol. The Morgan fingerprint density at radius 1 is 1.08 bits per heavy atom. The van der Waals surface area contributed by atoms with Gasteiger partial charge >= 0.3 is 0 Å². The van der Waals surface area contributed by atoms with Gasteiger partial charge in [0.25, 0.3) is 0 Å². The fraction of sp³-hybridized carbons (Fsp3) is 0.150. The molecule has 4 aromatic rings. The standard InChI is InChI=1S/C20H17ClN2O2/c1-13-3-10-19(25-13)20-22-17-9-6-15(21)11-18(17)23(20)12-14-4-7-16(24-2)8-5-14/h3-11H,12H2,1-2H3. The van der Waals surface area contributed by atoms with Gasteiger partial charge in [-0.2, -0.15) is 0 Å². The Morgan fingerprint density at radius 2 is 1.88 bits per heavy atom. The third-order valence-corrected chi connectivity index (χ3v) is 4.41. The average Bonchev–Trinajstić information content (AvgIpc) is 3.19. The summed E-state index contributed by atoms with van der Waals surface area (Å²) in [4.78, 5) is 4.75. The lowest BCUT2D eigenvalue weighted by Crippen LogP contribution is -2.02. The quantitative estimate of drug-likeness (QED) is 0.499. The topological polar surface area (TPSA) is 40.2 Å². The summed E-state index contributed by atoms with van der Waals surface area (Å²) < 4.78 is 13.2. The van der Waals surface area contributed by atoms with Crippen LogP contribution in [0.5, 0.6) is 5.75 Å². The molecule has 126 valence electrons. The molecule has 0 amide bonds. The number of fused-ring (bicyclic) bond motifs is 1. The molecule has 0 fully saturated rings. The Labute approximate surface area is 150 Å². The lowest BCUT2D eigenvalue weighted by atomic mass is 10.2. The predicted octanol–water partition coefficient (Wildman–Crippen LogP) is 5.32. The van der Waals surface area contributed by atoms with Crippen LogP contribution in [0.3, 0.4) is 0 Å². The van der Waals surface area contributed by atoms with E-state index in [-0.39, 0.29) is 0 Å². The number of ether oxygens (including phenoxy) is 1. The first-order chi connectivity index (χ1) is 12.1. The number of hydrogen-bond acceptors (Lipinski definition) is 3. The van der Waals surface area contributed by atoms with Crippen LogP contribution in [0, 0.1) is 6.92 Å². The van der Waals surface area contributed by atoms with E-state index < -0.39 is 0 Å². The molecule has 0 aliphatic carbocycles. The van der Waals surface area contributed by atoms with Crippen molar-refractivity contribution in [3.05, 3.63) is 70.9 Å². The van der Waals surface area contributed by atoms with Gasteiger partial charge in [-0.25, -0.2) is 4.98 Å². The maximum absolute atomic E-state index is 6.21. The smallest absolute Gasteiger partial charge is 0.177 e. The number of aryl methyl sites for hydroxylation is 1. The molecule has 0 unspecified atom stereocenters. The lowest BCUT2D eigenvalue weighted by molar-refractivity contribution is 0.414. The molecule has 4 nitrogen and oxygen atoms in total. The van der Waals surface area contributed by atoms with Crippen molar-refractivity contribution in [1.82, 2.24) is 9.55 Å². The van der Waals surface area contributed by atoms with Gasteiger partial charge in [-0.05, 0) is 55.0 Å². The molecule has 0 atom stereocenters. The summed E-state index contributed by atoms with van der Waals surface area (Å²) in [6, 6.07) is 17.6. The monoisotopic (exact) mass is 352 g/mol. The number of imidazole rings is 1. The molecule has 0 radical (unpaired) electrons. The molecule has 0 N–H and O–H groups in total. The molecule has 4 rings (SSSR count). The first-order valence-electron chi connectivity index (χ1n) is 7.99. The zero-order valence-electron chi connectivity index (χ0n) is 14.0. The molecule has 0 spiro atoms. The van der Waals surface area contributed by atoms with Crippen molar-refractivity contribution in [1.29, 1.82) is 0 Å². The van der Waals surface area contributed by atoms with E-state index in [0.717, 1.165) is 39.7 Å². The van der Waals surface area contributed by atoms with Gasteiger partial charge < -0.3 is 13.7 Å². The molecule has 0 aliphatic heterocycles. The zero-order chi connectivity index (χ0) is 17.4. The highest BCUT2D eigenvalue weighted by molar-refractivity contribution is 6.31. The van der Waals surface area contributed by atoms with Crippen LogP contribution in [0.4, 0.5) is 0 Å². The SMILES string of the molecule is COc1ccc(Cn2c(-c3ccc(C)o3)nc3ccc(Cl)cc32)cc1. The summed E-state index contributed by atoms with van der Waals surface area (Å²) in [6.07, 6.45) is 0. The Hall–Kier alpha value is -2.72.